The summed E-state index contributed by atoms with van der Waals surface area (Å²) in [7, 11) is 3.04. The Kier molecular flexibility index (Phi) is 9.37. The molecule has 0 spiro atoms. The van der Waals surface area contributed by atoms with Crippen LogP contribution in [0.15, 0.2) is 70.6 Å². The molecule has 0 bridgehead atoms. The Morgan fingerprint density at radius 3 is 2.38 bits per heavy atom. The van der Waals surface area contributed by atoms with Crippen molar-refractivity contribution in [3.05, 3.63) is 81.6 Å². The average molecular weight is 568 g/mol. The summed E-state index contributed by atoms with van der Waals surface area (Å²) in [4.78, 5) is 32.0. The van der Waals surface area contributed by atoms with E-state index in [4.69, 9.17) is 30.8 Å². The molecular weight excluding hydrogens is 538 g/mol. The molecule has 0 aliphatic carbocycles. The van der Waals surface area contributed by atoms with Crippen LogP contribution < -0.4 is 25.1 Å². The number of hydrogen-bond acceptors (Lipinski definition) is 7. The van der Waals surface area contributed by atoms with Gasteiger partial charge in [-0.2, -0.15) is 0 Å². The van der Waals surface area contributed by atoms with Crippen LogP contribution in [0.3, 0.4) is 0 Å². The number of amides is 1. The Morgan fingerprint density at radius 1 is 1.03 bits per heavy atom. The van der Waals surface area contributed by atoms with E-state index in [1.54, 1.807) is 34.9 Å². The van der Waals surface area contributed by atoms with Crippen LogP contribution >= 0.6 is 23.4 Å². The fraction of sp³-hybridized carbons (Fsp3) is 0.276. The summed E-state index contributed by atoms with van der Waals surface area (Å²) in [5.41, 5.74) is 1.65. The molecule has 0 aliphatic heterocycles. The molecule has 4 aromatic rings. The third-order valence-electron chi connectivity index (χ3n) is 6.03. The number of fused-ring (bicyclic) bond motifs is 1. The highest BCUT2D eigenvalue weighted by Crippen LogP contribution is 2.33. The minimum absolute atomic E-state index is 0.214. The van der Waals surface area contributed by atoms with Crippen molar-refractivity contribution in [2.45, 2.75) is 37.2 Å². The lowest BCUT2D eigenvalue weighted by Crippen LogP contribution is -2.28. The van der Waals surface area contributed by atoms with Gasteiger partial charge in [-0.1, -0.05) is 54.6 Å². The number of rotatable bonds is 11. The first kappa shape index (κ1) is 28.3. The molecule has 1 heterocycles. The van der Waals surface area contributed by atoms with E-state index < -0.39 is 5.25 Å². The van der Waals surface area contributed by atoms with Crippen molar-refractivity contribution < 1.29 is 19.0 Å². The molecule has 0 fully saturated rings. The monoisotopic (exact) mass is 567 g/mol. The number of benzene rings is 3. The smallest absolute Gasteiger partial charge is 0.262 e. The van der Waals surface area contributed by atoms with Crippen molar-refractivity contribution in [1.29, 1.82) is 0 Å². The molecule has 1 amide bonds. The zero-order valence-corrected chi connectivity index (χ0v) is 23.8. The second kappa shape index (κ2) is 12.9. The summed E-state index contributed by atoms with van der Waals surface area (Å²) >= 11 is 7.31. The number of halogens is 1. The van der Waals surface area contributed by atoms with Gasteiger partial charge in [-0.15, -0.1) is 0 Å². The van der Waals surface area contributed by atoms with E-state index in [-0.39, 0.29) is 18.0 Å². The molecule has 1 N–H and O–H groups in total. The van der Waals surface area contributed by atoms with Crippen molar-refractivity contribution >= 4 is 45.9 Å². The molecule has 204 valence electrons. The largest absolute Gasteiger partial charge is 0.493 e. The number of nitrogens with zero attached hydrogens (tertiary/aromatic N) is 2. The lowest BCUT2D eigenvalue weighted by atomic mass is 10.2. The summed E-state index contributed by atoms with van der Waals surface area (Å²) in [6, 6.07) is 17.9. The summed E-state index contributed by atoms with van der Waals surface area (Å²) in [6.45, 7) is 4.54. The number of hydrogen-bond donors (Lipinski definition) is 1. The van der Waals surface area contributed by atoms with Gasteiger partial charge >= 0.3 is 0 Å². The number of para-hydroxylation sites is 2. The van der Waals surface area contributed by atoms with Crippen molar-refractivity contribution in [3.63, 3.8) is 0 Å². The molecule has 1 aromatic heterocycles. The first-order valence-electron chi connectivity index (χ1n) is 12.5. The Morgan fingerprint density at radius 2 is 1.72 bits per heavy atom. The summed E-state index contributed by atoms with van der Waals surface area (Å²) < 4.78 is 18.1. The van der Waals surface area contributed by atoms with Crippen LogP contribution in [-0.4, -0.2) is 41.5 Å². The number of thioether (sulfide) groups is 1. The number of methoxy groups -OCH3 is 2. The molecular formula is C29H30ClN3O5S. The predicted molar refractivity (Wildman–Crippen MR) is 156 cm³/mol. The minimum Gasteiger partial charge on any atom is -0.493 e. The SMILES string of the molecule is CCOc1ccccc1NC(=O)C(CC)Sc1nc2cc(OC)c(OC)cc2c(=O)n1Cc1ccc(Cl)cc1. The summed E-state index contributed by atoms with van der Waals surface area (Å²) in [5.74, 6) is 1.27. The van der Waals surface area contributed by atoms with E-state index in [1.165, 1.54) is 26.0 Å². The van der Waals surface area contributed by atoms with E-state index in [9.17, 15) is 9.59 Å². The van der Waals surface area contributed by atoms with Crippen LogP contribution in [0.1, 0.15) is 25.8 Å². The molecule has 8 nitrogen and oxygen atoms in total. The van der Waals surface area contributed by atoms with Crippen molar-refractivity contribution in [2.24, 2.45) is 0 Å². The highest BCUT2D eigenvalue weighted by atomic mass is 35.5. The van der Waals surface area contributed by atoms with Gasteiger partial charge < -0.3 is 19.5 Å². The maximum atomic E-state index is 13.8. The maximum Gasteiger partial charge on any atom is 0.262 e. The number of carbonyl (C=O) groups excluding carboxylic acids is 1. The second-order valence-electron chi connectivity index (χ2n) is 8.57. The first-order chi connectivity index (χ1) is 18.9. The molecule has 0 aliphatic rings. The molecule has 0 saturated heterocycles. The van der Waals surface area contributed by atoms with E-state index >= 15 is 0 Å². The molecule has 0 radical (unpaired) electrons. The topological polar surface area (TPSA) is 91.7 Å². The molecule has 4 rings (SSSR count). The van der Waals surface area contributed by atoms with Crippen LogP contribution in [0.5, 0.6) is 17.2 Å². The Balaban J connectivity index is 1.76. The summed E-state index contributed by atoms with van der Waals surface area (Å²) in [5, 5.41) is 3.85. The highest BCUT2D eigenvalue weighted by molar-refractivity contribution is 8.00. The van der Waals surface area contributed by atoms with Gasteiger partial charge in [-0.05, 0) is 49.2 Å². The van der Waals surface area contributed by atoms with Crippen LogP contribution in [0, 0.1) is 0 Å². The Bertz CT molecular complexity index is 1520. The minimum atomic E-state index is -0.527. The van der Waals surface area contributed by atoms with Gasteiger partial charge in [-0.3, -0.25) is 14.2 Å². The molecule has 3 aromatic carbocycles. The van der Waals surface area contributed by atoms with Crippen LogP contribution in [0.4, 0.5) is 5.69 Å². The van der Waals surface area contributed by atoms with Gasteiger partial charge in [-0.25, -0.2) is 4.98 Å². The highest BCUT2D eigenvalue weighted by Gasteiger charge is 2.24. The van der Waals surface area contributed by atoms with E-state index in [1.807, 2.05) is 44.2 Å². The van der Waals surface area contributed by atoms with Gasteiger partial charge in [0.2, 0.25) is 5.91 Å². The lowest BCUT2D eigenvalue weighted by Gasteiger charge is -2.19. The maximum absolute atomic E-state index is 13.8. The first-order valence-corrected chi connectivity index (χ1v) is 13.7. The summed E-state index contributed by atoms with van der Waals surface area (Å²) in [6.07, 6.45) is 0.508. The number of anilines is 1. The average Bonchev–Trinajstić information content (AvgIpc) is 2.95. The van der Waals surface area contributed by atoms with Crippen LogP contribution in [0.25, 0.3) is 10.9 Å². The van der Waals surface area contributed by atoms with Crippen molar-refractivity contribution in [1.82, 2.24) is 9.55 Å². The fourth-order valence-corrected chi connectivity index (χ4v) is 5.18. The van der Waals surface area contributed by atoms with E-state index in [0.717, 1.165) is 5.56 Å². The van der Waals surface area contributed by atoms with Gasteiger partial charge in [0, 0.05) is 11.1 Å². The third-order valence-corrected chi connectivity index (χ3v) is 7.64. The Hall–Kier alpha value is -3.69. The van der Waals surface area contributed by atoms with Gasteiger partial charge in [0.1, 0.15) is 5.75 Å². The zero-order valence-electron chi connectivity index (χ0n) is 22.2. The second-order valence-corrected chi connectivity index (χ2v) is 10.2. The molecule has 0 saturated carbocycles. The van der Waals surface area contributed by atoms with Gasteiger partial charge in [0.15, 0.2) is 16.7 Å². The number of aromatic nitrogens is 2. The lowest BCUT2D eigenvalue weighted by molar-refractivity contribution is -0.115. The third kappa shape index (κ3) is 6.49. The zero-order chi connectivity index (χ0) is 27.9. The number of carbonyl (C=O) groups is 1. The standard InChI is InChI=1S/C29H30ClN3O5S/c1-5-26(27(34)31-21-9-7-8-10-23(21)38-6-2)39-29-32-22-16-25(37-4)24(36-3)15-20(22)28(35)33(29)17-18-11-13-19(30)14-12-18/h7-16,26H,5-6,17H2,1-4H3,(H,31,34). The van der Waals surface area contributed by atoms with Gasteiger partial charge in [0.25, 0.3) is 5.56 Å². The molecule has 1 atom stereocenters. The van der Waals surface area contributed by atoms with Crippen LogP contribution in [-0.2, 0) is 11.3 Å². The molecule has 39 heavy (non-hydrogen) atoms. The Labute approximate surface area is 236 Å². The van der Waals surface area contributed by atoms with Gasteiger partial charge in [0.05, 0.1) is 49.2 Å². The molecule has 1 unspecified atom stereocenters. The quantitative estimate of drug-likeness (QED) is 0.175. The van der Waals surface area contributed by atoms with E-state index in [0.29, 0.717) is 57.0 Å². The molecule has 10 heteroatoms. The fourth-order valence-electron chi connectivity index (χ4n) is 4.04. The van der Waals surface area contributed by atoms with Crippen molar-refractivity contribution in [3.8, 4) is 17.2 Å². The number of ether oxygens (including phenoxy) is 3. The van der Waals surface area contributed by atoms with Crippen molar-refractivity contribution in [2.75, 3.05) is 26.1 Å². The van der Waals surface area contributed by atoms with E-state index in [2.05, 4.69) is 5.32 Å². The predicted octanol–water partition coefficient (Wildman–Crippen LogP) is 6.02. The normalized spacial score (nSPS) is 11.7. The van der Waals surface area contributed by atoms with Crippen LogP contribution in [0.2, 0.25) is 5.02 Å². The number of nitrogens with one attached hydrogen (secondary N) is 1.